The number of carbonyl (C=O) groups excluding carboxylic acids is 1. The standard InChI is InChI=1S/C17H17BrClN5O3/c1-23-9-21-16-15(23)17(26)24(10-22-16)8-14(25)20-5-2-6-27-11-3-4-12(18)13(19)7-11/h3-4,7,9-10H,2,5-6,8H2,1H3,(H,20,25). The maximum absolute atomic E-state index is 12.4. The number of ether oxygens (including phenoxy) is 1. The first kappa shape index (κ1) is 19.4. The van der Waals surface area contributed by atoms with E-state index in [4.69, 9.17) is 16.3 Å². The zero-order valence-electron chi connectivity index (χ0n) is 14.5. The molecule has 0 saturated carbocycles. The van der Waals surface area contributed by atoms with Crippen molar-refractivity contribution in [3.8, 4) is 5.75 Å². The predicted octanol–water partition coefficient (Wildman–Crippen LogP) is 2.13. The molecule has 3 rings (SSSR count). The number of nitrogens with one attached hydrogen (secondary N) is 1. The first-order valence-electron chi connectivity index (χ1n) is 8.16. The second-order valence-electron chi connectivity index (χ2n) is 5.83. The Morgan fingerprint density at radius 2 is 2.11 bits per heavy atom. The van der Waals surface area contributed by atoms with Crippen LogP contribution in [0.3, 0.4) is 0 Å². The van der Waals surface area contributed by atoms with E-state index in [1.807, 2.05) is 12.1 Å². The number of fused-ring (bicyclic) bond motifs is 1. The number of amides is 1. The molecule has 3 aromatic rings. The molecule has 142 valence electrons. The molecule has 0 aliphatic heterocycles. The number of aryl methyl sites for hydroxylation is 1. The first-order chi connectivity index (χ1) is 13.0. The van der Waals surface area contributed by atoms with E-state index < -0.39 is 0 Å². The van der Waals surface area contributed by atoms with Crippen molar-refractivity contribution in [2.24, 2.45) is 7.05 Å². The number of hydrogen-bond donors (Lipinski definition) is 1. The van der Waals surface area contributed by atoms with Gasteiger partial charge in [0.2, 0.25) is 5.91 Å². The smallest absolute Gasteiger partial charge is 0.280 e. The van der Waals surface area contributed by atoms with Crippen LogP contribution in [-0.2, 0) is 18.4 Å². The summed E-state index contributed by atoms with van der Waals surface area (Å²) < 4.78 is 9.24. The number of aromatic nitrogens is 4. The van der Waals surface area contributed by atoms with E-state index in [2.05, 4.69) is 31.2 Å². The predicted molar refractivity (Wildman–Crippen MR) is 105 cm³/mol. The molecular weight excluding hydrogens is 438 g/mol. The third-order valence-electron chi connectivity index (χ3n) is 3.82. The van der Waals surface area contributed by atoms with E-state index in [-0.39, 0.29) is 18.0 Å². The van der Waals surface area contributed by atoms with Crippen LogP contribution in [0.15, 0.2) is 40.1 Å². The highest BCUT2D eigenvalue weighted by Gasteiger charge is 2.11. The third-order valence-corrected chi connectivity index (χ3v) is 5.05. The van der Waals surface area contributed by atoms with E-state index in [0.717, 1.165) is 4.47 Å². The van der Waals surface area contributed by atoms with Gasteiger partial charge >= 0.3 is 0 Å². The Hall–Kier alpha value is -2.39. The Labute approximate surface area is 168 Å². The molecule has 0 aliphatic carbocycles. The average Bonchev–Trinajstić information content (AvgIpc) is 3.02. The summed E-state index contributed by atoms with van der Waals surface area (Å²) in [4.78, 5) is 32.5. The molecule has 27 heavy (non-hydrogen) atoms. The van der Waals surface area contributed by atoms with Gasteiger partial charge in [-0.15, -0.1) is 0 Å². The van der Waals surface area contributed by atoms with Crippen molar-refractivity contribution in [1.82, 2.24) is 24.4 Å². The molecule has 0 saturated heterocycles. The van der Waals surface area contributed by atoms with E-state index in [0.29, 0.717) is 41.5 Å². The first-order valence-corrected chi connectivity index (χ1v) is 9.34. The fourth-order valence-corrected chi connectivity index (χ4v) is 2.87. The zero-order chi connectivity index (χ0) is 19.4. The maximum Gasteiger partial charge on any atom is 0.280 e. The van der Waals surface area contributed by atoms with Gasteiger partial charge in [0.1, 0.15) is 18.6 Å². The number of rotatable bonds is 7. The Bertz CT molecular complexity index is 1030. The fourth-order valence-electron chi connectivity index (χ4n) is 2.45. The van der Waals surface area contributed by atoms with Crippen LogP contribution < -0.4 is 15.6 Å². The van der Waals surface area contributed by atoms with Crippen molar-refractivity contribution in [2.45, 2.75) is 13.0 Å². The van der Waals surface area contributed by atoms with Gasteiger partial charge in [-0.25, -0.2) is 9.97 Å². The molecule has 0 unspecified atom stereocenters. The van der Waals surface area contributed by atoms with Gasteiger partial charge in [-0.2, -0.15) is 0 Å². The van der Waals surface area contributed by atoms with Crippen LogP contribution in [0.25, 0.3) is 11.2 Å². The molecule has 0 spiro atoms. The van der Waals surface area contributed by atoms with Gasteiger partial charge in [-0.05, 0) is 40.5 Å². The lowest BCUT2D eigenvalue weighted by atomic mass is 10.3. The third kappa shape index (κ3) is 4.67. The van der Waals surface area contributed by atoms with Crippen molar-refractivity contribution in [1.29, 1.82) is 0 Å². The van der Waals surface area contributed by atoms with Crippen LogP contribution in [-0.4, -0.2) is 38.2 Å². The molecule has 2 heterocycles. The topological polar surface area (TPSA) is 91.0 Å². The summed E-state index contributed by atoms with van der Waals surface area (Å²) >= 11 is 9.32. The summed E-state index contributed by atoms with van der Waals surface area (Å²) in [6.45, 7) is 0.760. The number of imidazole rings is 1. The lowest BCUT2D eigenvalue weighted by Gasteiger charge is -2.09. The van der Waals surface area contributed by atoms with Gasteiger partial charge in [-0.3, -0.25) is 14.2 Å². The van der Waals surface area contributed by atoms with E-state index >= 15 is 0 Å². The van der Waals surface area contributed by atoms with Crippen LogP contribution >= 0.6 is 27.5 Å². The molecule has 1 N–H and O–H groups in total. The van der Waals surface area contributed by atoms with E-state index in [1.54, 1.807) is 17.7 Å². The van der Waals surface area contributed by atoms with Crippen molar-refractivity contribution < 1.29 is 9.53 Å². The second-order valence-corrected chi connectivity index (χ2v) is 7.09. The monoisotopic (exact) mass is 453 g/mol. The fraction of sp³-hybridized carbons (Fsp3) is 0.294. The Kier molecular flexibility index (Phi) is 6.12. The van der Waals surface area contributed by atoms with Gasteiger partial charge in [0, 0.05) is 18.1 Å². The molecule has 1 amide bonds. The molecule has 0 aliphatic rings. The minimum absolute atomic E-state index is 0.101. The Morgan fingerprint density at radius 1 is 1.33 bits per heavy atom. The van der Waals surface area contributed by atoms with Crippen LogP contribution in [0, 0.1) is 0 Å². The average molecular weight is 455 g/mol. The number of hydrogen-bond acceptors (Lipinski definition) is 5. The summed E-state index contributed by atoms with van der Waals surface area (Å²) in [6, 6.07) is 5.34. The lowest BCUT2D eigenvalue weighted by molar-refractivity contribution is -0.121. The maximum atomic E-state index is 12.4. The quantitative estimate of drug-likeness (QED) is 0.552. The van der Waals surface area contributed by atoms with Gasteiger partial charge in [-0.1, -0.05) is 11.6 Å². The van der Waals surface area contributed by atoms with Crippen molar-refractivity contribution in [3.05, 3.63) is 50.7 Å². The van der Waals surface area contributed by atoms with E-state index in [1.165, 1.54) is 17.2 Å². The van der Waals surface area contributed by atoms with Crippen molar-refractivity contribution in [3.63, 3.8) is 0 Å². The molecule has 0 bridgehead atoms. The Morgan fingerprint density at radius 3 is 2.89 bits per heavy atom. The van der Waals surface area contributed by atoms with Gasteiger partial charge in [0.05, 0.1) is 18.0 Å². The molecule has 0 fully saturated rings. The molecule has 0 radical (unpaired) electrons. The number of benzene rings is 1. The highest BCUT2D eigenvalue weighted by molar-refractivity contribution is 9.10. The van der Waals surface area contributed by atoms with Gasteiger partial charge in [0.25, 0.3) is 5.56 Å². The summed E-state index contributed by atoms with van der Waals surface area (Å²) in [5, 5.41) is 3.33. The number of nitrogens with zero attached hydrogens (tertiary/aromatic N) is 4. The van der Waals surface area contributed by atoms with Crippen LogP contribution in [0.4, 0.5) is 0 Å². The molecule has 8 nitrogen and oxygen atoms in total. The molecule has 0 atom stereocenters. The lowest BCUT2D eigenvalue weighted by Crippen LogP contribution is -2.33. The highest BCUT2D eigenvalue weighted by atomic mass is 79.9. The highest BCUT2D eigenvalue weighted by Crippen LogP contribution is 2.26. The van der Waals surface area contributed by atoms with Crippen molar-refractivity contribution >= 4 is 44.6 Å². The summed E-state index contributed by atoms with van der Waals surface area (Å²) in [7, 11) is 1.71. The van der Waals surface area contributed by atoms with Gasteiger partial charge < -0.3 is 14.6 Å². The van der Waals surface area contributed by atoms with Crippen molar-refractivity contribution in [2.75, 3.05) is 13.2 Å². The molecule has 2 aromatic heterocycles. The normalized spacial score (nSPS) is 10.9. The summed E-state index contributed by atoms with van der Waals surface area (Å²) in [6.07, 6.45) is 3.47. The molecular formula is C17H17BrClN5O3. The zero-order valence-corrected chi connectivity index (χ0v) is 16.8. The molecule has 10 heteroatoms. The minimum Gasteiger partial charge on any atom is -0.493 e. The number of carbonyl (C=O) groups is 1. The second kappa shape index (κ2) is 8.53. The number of halogens is 2. The van der Waals surface area contributed by atoms with Crippen LogP contribution in [0.1, 0.15) is 6.42 Å². The summed E-state index contributed by atoms with van der Waals surface area (Å²) in [5.74, 6) is 0.392. The van der Waals surface area contributed by atoms with Crippen LogP contribution in [0.2, 0.25) is 5.02 Å². The summed E-state index contributed by atoms with van der Waals surface area (Å²) in [5.41, 5.74) is 0.432. The van der Waals surface area contributed by atoms with Crippen LogP contribution in [0.5, 0.6) is 5.75 Å². The Balaban J connectivity index is 1.46. The van der Waals surface area contributed by atoms with E-state index in [9.17, 15) is 9.59 Å². The minimum atomic E-state index is -0.300. The molecule has 1 aromatic carbocycles. The van der Waals surface area contributed by atoms with Gasteiger partial charge in [0.15, 0.2) is 11.2 Å². The SMILES string of the molecule is Cn1cnc2ncn(CC(=O)NCCCOc3ccc(Br)c(Cl)c3)c(=O)c21. The largest absolute Gasteiger partial charge is 0.493 e.